The molecule has 30 heavy (non-hydrogen) atoms. The molecular formula is C26H25ClO3. The summed E-state index contributed by atoms with van der Waals surface area (Å²) in [6.45, 7) is 4.60. The van der Waals surface area contributed by atoms with Crippen molar-refractivity contribution in [1.29, 1.82) is 0 Å². The molecule has 0 aliphatic rings. The Morgan fingerprint density at radius 1 is 1.03 bits per heavy atom. The zero-order valence-electron chi connectivity index (χ0n) is 17.4. The van der Waals surface area contributed by atoms with Gasteiger partial charge in [-0.15, -0.1) is 0 Å². The fourth-order valence-corrected chi connectivity index (χ4v) is 3.21. The van der Waals surface area contributed by atoms with E-state index in [9.17, 15) is 4.79 Å². The van der Waals surface area contributed by atoms with Gasteiger partial charge in [0, 0.05) is 16.1 Å². The fourth-order valence-electron chi connectivity index (χ4n) is 3.03. The lowest BCUT2D eigenvalue weighted by Gasteiger charge is -2.11. The van der Waals surface area contributed by atoms with Crippen molar-refractivity contribution in [1.82, 2.24) is 0 Å². The largest absolute Gasteiger partial charge is 0.496 e. The molecule has 3 aromatic carbocycles. The molecule has 0 amide bonds. The third-order valence-electron chi connectivity index (χ3n) is 4.78. The molecule has 0 aliphatic heterocycles. The number of ketones is 1. The van der Waals surface area contributed by atoms with Crippen LogP contribution in [0, 0.1) is 0 Å². The van der Waals surface area contributed by atoms with Gasteiger partial charge in [0.25, 0.3) is 0 Å². The summed E-state index contributed by atoms with van der Waals surface area (Å²) >= 11 is 6.01. The van der Waals surface area contributed by atoms with Gasteiger partial charge in [0.05, 0.1) is 7.11 Å². The van der Waals surface area contributed by atoms with E-state index >= 15 is 0 Å². The first-order chi connectivity index (χ1) is 14.5. The quantitative estimate of drug-likeness (QED) is 0.292. The van der Waals surface area contributed by atoms with E-state index in [1.807, 2.05) is 54.6 Å². The SMILES string of the molecule is COc1ccc(/C=C/C(=O)c2ccc(C(C)C)cc2)cc1COc1cccc(Cl)c1. The topological polar surface area (TPSA) is 35.5 Å². The van der Waals surface area contributed by atoms with Crippen LogP contribution in [0.5, 0.6) is 11.5 Å². The summed E-state index contributed by atoms with van der Waals surface area (Å²) in [4.78, 5) is 12.5. The monoisotopic (exact) mass is 420 g/mol. The molecule has 0 fully saturated rings. The number of ether oxygens (including phenoxy) is 2. The van der Waals surface area contributed by atoms with Gasteiger partial charge >= 0.3 is 0 Å². The molecule has 3 aromatic rings. The lowest BCUT2D eigenvalue weighted by atomic mass is 10.00. The predicted molar refractivity (Wildman–Crippen MR) is 123 cm³/mol. The zero-order chi connectivity index (χ0) is 21.5. The van der Waals surface area contributed by atoms with E-state index in [4.69, 9.17) is 21.1 Å². The molecule has 0 saturated carbocycles. The molecule has 0 atom stereocenters. The van der Waals surface area contributed by atoms with Crippen LogP contribution in [0.25, 0.3) is 6.08 Å². The fraction of sp³-hybridized carbons (Fsp3) is 0.192. The first-order valence-electron chi connectivity index (χ1n) is 9.84. The normalized spacial score (nSPS) is 11.1. The highest BCUT2D eigenvalue weighted by atomic mass is 35.5. The average Bonchev–Trinajstić information content (AvgIpc) is 2.76. The molecular weight excluding hydrogens is 396 g/mol. The Hall–Kier alpha value is -3.04. The van der Waals surface area contributed by atoms with Crippen molar-refractivity contribution < 1.29 is 14.3 Å². The lowest BCUT2D eigenvalue weighted by molar-refractivity contribution is 0.104. The van der Waals surface area contributed by atoms with Crippen LogP contribution in [0.3, 0.4) is 0 Å². The van der Waals surface area contributed by atoms with Crippen LogP contribution in [0.2, 0.25) is 5.02 Å². The summed E-state index contributed by atoms with van der Waals surface area (Å²) < 4.78 is 11.3. The van der Waals surface area contributed by atoms with Crippen molar-refractivity contribution in [2.75, 3.05) is 7.11 Å². The molecule has 3 rings (SSSR count). The van der Waals surface area contributed by atoms with Gasteiger partial charge in [0.1, 0.15) is 18.1 Å². The van der Waals surface area contributed by atoms with Crippen LogP contribution >= 0.6 is 11.6 Å². The van der Waals surface area contributed by atoms with E-state index in [2.05, 4.69) is 13.8 Å². The summed E-state index contributed by atoms with van der Waals surface area (Å²) in [6.07, 6.45) is 3.40. The summed E-state index contributed by atoms with van der Waals surface area (Å²) in [5, 5.41) is 0.621. The Bertz CT molecular complexity index is 1040. The minimum Gasteiger partial charge on any atom is -0.496 e. The second-order valence-electron chi connectivity index (χ2n) is 7.29. The maximum atomic E-state index is 12.5. The summed E-state index contributed by atoms with van der Waals surface area (Å²) in [5.74, 6) is 1.82. The van der Waals surface area contributed by atoms with Gasteiger partial charge in [-0.05, 0) is 53.5 Å². The van der Waals surface area contributed by atoms with E-state index in [0.717, 1.165) is 16.9 Å². The zero-order valence-corrected chi connectivity index (χ0v) is 18.1. The number of carbonyl (C=O) groups excluding carboxylic acids is 1. The van der Waals surface area contributed by atoms with Gasteiger partial charge in [0.2, 0.25) is 0 Å². The third kappa shape index (κ3) is 5.74. The van der Waals surface area contributed by atoms with E-state index in [1.54, 1.807) is 31.4 Å². The number of carbonyl (C=O) groups is 1. The van der Waals surface area contributed by atoms with Crippen LogP contribution in [0.4, 0.5) is 0 Å². The van der Waals surface area contributed by atoms with Crippen LogP contribution in [-0.2, 0) is 6.61 Å². The van der Waals surface area contributed by atoms with Gasteiger partial charge in [0.15, 0.2) is 5.78 Å². The Morgan fingerprint density at radius 2 is 1.80 bits per heavy atom. The molecule has 0 aliphatic carbocycles. The van der Waals surface area contributed by atoms with E-state index in [1.165, 1.54) is 5.56 Å². The van der Waals surface area contributed by atoms with Gasteiger partial charge in [-0.3, -0.25) is 4.79 Å². The third-order valence-corrected chi connectivity index (χ3v) is 5.02. The highest BCUT2D eigenvalue weighted by molar-refractivity contribution is 6.30. The second kappa shape index (κ2) is 10.1. The number of hydrogen-bond donors (Lipinski definition) is 0. The van der Waals surface area contributed by atoms with E-state index < -0.39 is 0 Å². The van der Waals surface area contributed by atoms with Gasteiger partial charge in [-0.1, -0.05) is 67.9 Å². The first kappa shape index (κ1) is 21.7. The summed E-state index contributed by atoms with van der Waals surface area (Å²) in [7, 11) is 1.62. The Morgan fingerprint density at radius 3 is 2.47 bits per heavy atom. The molecule has 0 heterocycles. The van der Waals surface area contributed by atoms with Crippen LogP contribution in [0.1, 0.15) is 46.8 Å². The van der Waals surface area contributed by atoms with Gasteiger partial charge in [-0.2, -0.15) is 0 Å². The van der Waals surface area contributed by atoms with Crippen LogP contribution < -0.4 is 9.47 Å². The molecule has 0 N–H and O–H groups in total. The molecule has 154 valence electrons. The second-order valence-corrected chi connectivity index (χ2v) is 7.73. The highest BCUT2D eigenvalue weighted by Gasteiger charge is 2.07. The van der Waals surface area contributed by atoms with Crippen molar-refractivity contribution >= 4 is 23.5 Å². The van der Waals surface area contributed by atoms with Crippen LogP contribution in [0.15, 0.2) is 72.8 Å². The molecule has 3 nitrogen and oxygen atoms in total. The van der Waals surface area contributed by atoms with E-state index in [0.29, 0.717) is 28.9 Å². The van der Waals surface area contributed by atoms with Crippen molar-refractivity contribution in [3.8, 4) is 11.5 Å². The standard InChI is InChI=1S/C26H25ClO3/c1-18(2)20-9-11-21(12-10-20)25(28)13-7-19-8-14-26(29-3)22(15-19)17-30-24-6-4-5-23(27)16-24/h4-16,18H,17H2,1-3H3/b13-7+. The number of allylic oxidation sites excluding steroid dienone is 1. The molecule has 0 bridgehead atoms. The Kier molecular flexibility index (Phi) is 7.31. The van der Waals surface area contributed by atoms with Crippen molar-refractivity contribution in [3.63, 3.8) is 0 Å². The minimum absolute atomic E-state index is 0.0298. The van der Waals surface area contributed by atoms with Crippen molar-refractivity contribution in [2.24, 2.45) is 0 Å². The van der Waals surface area contributed by atoms with Crippen molar-refractivity contribution in [3.05, 3.63) is 100 Å². The number of rotatable bonds is 8. The Balaban J connectivity index is 1.72. The average molecular weight is 421 g/mol. The first-order valence-corrected chi connectivity index (χ1v) is 10.2. The number of benzene rings is 3. The summed E-state index contributed by atoms with van der Waals surface area (Å²) in [5.41, 5.74) is 3.67. The smallest absolute Gasteiger partial charge is 0.185 e. The summed E-state index contributed by atoms with van der Waals surface area (Å²) in [6, 6.07) is 20.8. The maximum absolute atomic E-state index is 12.5. The van der Waals surface area contributed by atoms with Crippen molar-refractivity contribution in [2.45, 2.75) is 26.4 Å². The molecule has 0 aromatic heterocycles. The minimum atomic E-state index is -0.0298. The van der Waals surface area contributed by atoms with Crippen LogP contribution in [-0.4, -0.2) is 12.9 Å². The molecule has 4 heteroatoms. The lowest BCUT2D eigenvalue weighted by Crippen LogP contribution is -1.99. The number of hydrogen-bond acceptors (Lipinski definition) is 3. The highest BCUT2D eigenvalue weighted by Crippen LogP contribution is 2.24. The molecule has 0 unspecified atom stereocenters. The number of methoxy groups -OCH3 is 1. The molecule has 0 spiro atoms. The molecule has 0 radical (unpaired) electrons. The van der Waals surface area contributed by atoms with Gasteiger partial charge in [-0.25, -0.2) is 0 Å². The predicted octanol–water partition coefficient (Wildman–Crippen LogP) is 6.95. The number of halogens is 1. The van der Waals surface area contributed by atoms with E-state index in [-0.39, 0.29) is 5.78 Å². The molecule has 0 saturated heterocycles. The van der Waals surface area contributed by atoms with Gasteiger partial charge < -0.3 is 9.47 Å². The maximum Gasteiger partial charge on any atom is 0.185 e. The Labute approximate surface area is 182 Å².